The number of ether oxygens (including phenoxy) is 1. The number of carbonyl (C=O) groups excluding carboxylic acids is 1. The first kappa shape index (κ1) is 19.0. The fourth-order valence-corrected chi connectivity index (χ4v) is 3.47. The van der Waals surface area contributed by atoms with Crippen molar-refractivity contribution >= 4 is 11.9 Å². The molecule has 1 aromatic carbocycles. The molecule has 1 N–H and O–H groups in total. The number of rotatable bonds is 6. The summed E-state index contributed by atoms with van der Waals surface area (Å²) in [6.07, 6.45) is 6.72. The topological polar surface area (TPSA) is 80.5 Å². The Morgan fingerprint density at radius 1 is 1.24 bits per heavy atom. The van der Waals surface area contributed by atoms with Crippen LogP contribution in [0.3, 0.4) is 0 Å². The Morgan fingerprint density at radius 2 is 2.03 bits per heavy atom. The first-order valence-corrected chi connectivity index (χ1v) is 9.74. The number of hydrogen-bond acceptors (Lipinski definition) is 6. The average Bonchev–Trinajstić information content (AvgIpc) is 3.29. The lowest BCUT2D eigenvalue weighted by Gasteiger charge is -2.30. The van der Waals surface area contributed by atoms with E-state index in [9.17, 15) is 4.79 Å². The highest BCUT2D eigenvalue weighted by Crippen LogP contribution is 2.27. The van der Waals surface area contributed by atoms with Crippen LogP contribution in [0.15, 0.2) is 59.5 Å². The van der Waals surface area contributed by atoms with Gasteiger partial charge in [-0.25, -0.2) is 0 Å². The molecule has 1 fully saturated rings. The summed E-state index contributed by atoms with van der Waals surface area (Å²) in [5, 5.41) is 3.01. The lowest BCUT2D eigenvalue weighted by Crippen LogP contribution is -2.40. The van der Waals surface area contributed by atoms with E-state index in [0.717, 1.165) is 48.5 Å². The predicted molar refractivity (Wildman–Crippen MR) is 110 cm³/mol. The molecule has 0 aliphatic carbocycles. The molecule has 0 unspecified atom stereocenters. The van der Waals surface area contributed by atoms with Gasteiger partial charge < -0.3 is 19.4 Å². The van der Waals surface area contributed by atoms with Crippen LogP contribution >= 0.6 is 0 Å². The maximum Gasteiger partial charge on any atom is 0.297 e. The summed E-state index contributed by atoms with van der Waals surface area (Å²) in [6.45, 7) is 2.00. The Balaban J connectivity index is 1.30. The molecule has 1 amide bonds. The molecule has 0 radical (unpaired) electrons. The largest absolute Gasteiger partial charge is 0.497 e. The number of aromatic nitrogens is 2. The molecule has 0 bridgehead atoms. The minimum Gasteiger partial charge on any atom is -0.497 e. The molecule has 29 heavy (non-hydrogen) atoms. The van der Waals surface area contributed by atoms with E-state index in [0.29, 0.717) is 12.6 Å². The van der Waals surface area contributed by atoms with Gasteiger partial charge in [0.2, 0.25) is 5.91 Å². The Hall–Kier alpha value is -3.35. The van der Waals surface area contributed by atoms with Gasteiger partial charge in [-0.2, -0.15) is 4.98 Å². The first-order chi connectivity index (χ1) is 14.2. The predicted octanol–water partition coefficient (Wildman–Crippen LogP) is 3.28. The van der Waals surface area contributed by atoms with E-state index in [2.05, 4.69) is 20.2 Å². The fourth-order valence-electron chi connectivity index (χ4n) is 3.47. The minimum atomic E-state index is 0.0129. The number of piperidine rings is 1. The third-order valence-corrected chi connectivity index (χ3v) is 5.20. The van der Waals surface area contributed by atoms with Gasteiger partial charge in [-0.3, -0.25) is 9.78 Å². The SMILES string of the molecule is COc1ccc(-c2coc(N3CCC(C(=O)NCc4cccnc4)CC3)n2)cc1. The van der Waals surface area contributed by atoms with E-state index in [4.69, 9.17) is 9.15 Å². The lowest BCUT2D eigenvalue weighted by molar-refractivity contribution is -0.125. The molecule has 2 aromatic heterocycles. The molecule has 4 rings (SSSR count). The molecular formula is C22H24N4O3. The van der Waals surface area contributed by atoms with E-state index in [1.54, 1.807) is 25.8 Å². The van der Waals surface area contributed by atoms with Crippen LogP contribution in [0.5, 0.6) is 5.75 Å². The minimum absolute atomic E-state index is 0.0129. The summed E-state index contributed by atoms with van der Waals surface area (Å²) in [5.74, 6) is 0.917. The number of pyridine rings is 1. The van der Waals surface area contributed by atoms with Crippen LogP contribution < -0.4 is 15.0 Å². The van der Waals surface area contributed by atoms with Crippen molar-refractivity contribution in [1.82, 2.24) is 15.3 Å². The van der Waals surface area contributed by atoms with Crippen LogP contribution in [-0.2, 0) is 11.3 Å². The molecule has 3 aromatic rings. The Bertz CT molecular complexity index is 932. The van der Waals surface area contributed by atoms with E-state index < -0.39 is 0 Å². The first-order valence-electron chi connectivity index (χ1n) is 9.74. The van der Waals surface area contributed by atoms with Crippen molar-refractivity contribution < 1.29 is 13.9 Å². The van der Waals surface area contributed by atoms with Crippen molar-refractivity contribution in [2.45, 2.75) is 19.4 Å². The highest BCUT2D eigenvalue weighted by molar-refractivity contribution is 5.79. The number of anilines is 1. The van der Waals surface area contributed by atoms with Crippen LogP contribution in [0.1, 0.15) is 18.4 Å². The third kappa shape index (κ3) is 4.56. The number of nitrogens with one attached hydrogen (secondary N) is 1. The molecular weight excluding hydrogens is 368 g/mol. The van der Waals surface area contributed by atoms with Crippen LogP contribution in [0.4, 0.5) is 6.01 Å². The quantitative estimate of drug-likeness (QED) is 0.693. The van der Waals surface area contributed by atoms with Gasteiger partial charge >= 0.3 is 0 Å². The molecule has 1 aliphatic rings. The highest BCUT2D eigenvalue weighted by atomic mass is 16.5. The van der Waals surface area contributed by atoms with Crippen LogP contribution in [0.2, 0.25) is 0 Å². The molecule has 150 valence electrons. The van der Waals surface area contributed by atoms with Crippen molar-refractivity contribution in [1.29, 1.82) is 0 Å². The molecule has 0 spiro atoms. The summed E-state index contributed by atoms with van der Waals surface area (Å²) < 4.78 is 10.9. The zero-order valence-electron chi connectivity index (χ0n) is 16.4. The van der Waals surface area contributed by atoms with Gasteiger partial charge in [0.1, 0.15) is 17.7 Å². The van der Waals surface area contributed by atoms with Gasteiger partial charge in [0, 0.05) is 43.5 Å². The average molecular weight is 392 g/mol. The maximum atomic E-state index is 12.5. The molecule has 7 heteroatoms. The van der Waals surface area contributed by atoms with Crippen LogP contribution in [0.25, 0.3) is 11.3 Å². The zero-order chi connectivity index (χ0) is 20.1. The number of amides is 1. The normalized spacial score (nSPS) is 14.6. The molecule has 7 nitrogen and oxygen atoms in total. The third-order valence-electron chi connectivity index (χ3n) is 5.20. The Morgan fingerprint density at radius 3 is 2.72 bits per heavy atom. The van der Waals surface area contributed by atoms with Crippen molar-refractivity contribution in [3.05, 3.63) is 60.6 Å². The van der Waals surface area contributed by atoms with Crippen molar-refractivity contribution in [2.24, 2.45) is 5.92 Å². The highest BCUT2D eigenvalue weighted by Gasteiger charge is 2.27. The summed E-state index contributed by atoms with van der Waals surface area (Å²) in [5.41, 5.74) is 2.77. The van der Waals surface area contributed by atoms with E-state index >= 15 is 0 Å². The summed E-state index contributed by atoms with van der Waals surface area (Å²) in [7, 11) is 1.64. The second-order valence-electron chi connectivity index (χ2n) is 7.08. The van der Waals surface area contributed by atoms with Crippen molar-refractivity contribution in [2.75, 3.05) is 25.1 Å². The van der Waals surface area contributed by atoms with Crippen molar-refractivity contribution in [3.8, 4) is 17.0 Å². The lowest BCUT2D eigenvalue weighted by atomic mass is 9.96. The maximum absolute atomic E-state index is 12.5. The van der Waals surface area contributed by atoms with Gasteiger partial charge in [0.25, 0.3) is 6.01 Å². The number of methoxy groups -OCH3 is 1. The molecule has 3 heterocycles. The van der Waals surface area contributed by atoms with Gasteiger partial charge in [-0.1, -0.05) is 6.07 Å². The summed E-state index contributed by atoms with van der Waals surface area (Å²) in [4.78, 5) is 23.2. The number of oxazole rings is 1. The van der Waals surface area contributed by atoms with Crippen LogP contribution in [-0.4, -0.2) is 36.1 Å². The number of hydrogen-bond donors (Lipinski definition) is 1. The Kier molecular flexibility index (Phi) is 5.74. The Labute approximate surface area is 169 Å². The fraction of sp³-hybridized carbons (Fsp3) is 0.318. The van der Waals surface area contributed by atoms with Gasteiger partial charge in [-0.05, 0) is 48.7 Å². The monoisotopic (exact) mass is 392 g/mol. The summed E-state index contributed by atoms with van der Waals surface area (Å²) in [6, 6.07) is 12.2. The summed E-state index contributed by atoms with van der Waals surface area (Å²) >= 11 is 0. The molecule has 1 aliphatic heterocycles. The molecule has 0 saturated carbocycles. The van der Waals surface area contributed by atoms with Gasteiger partial charge in [0.15, 0.2) is 0 Å². The smallest absolute Gasteiger partial charge is 0.297 e. The van der Waals surface area contributed by atoms with E-state index in [-0.39, 0.29) is 11.8 Å². The molecule has 1 saturated heterocycles. The number of carbonyl (C=O) groups is 1. The second-order valence-corrected chi connectivity index (χ2v) is 7.08. The van der Waals surface area contributed by atoms with Crippen molar-refractivity contribution in [3.63, 3.8) is 0 Å². The second kappa shape index (κ2) is 8.77. The van der Waals surface area contributed by atoms with E-state index in [1.165, 1.54) is 0 Å². The van der Waals surface area contributed by atoms with Crippen LogP contribution in [0, 0.1) is 5.92 Å². The van der Waals surface area contributed by atoms with Gasteiger partial charge in [0.05, 0.1) is 7.11 Å². The van der Waals surface area contributed by atoms with Gasteiger partial charge in [-0.15, -0.1) is 0 Å². The molecule has 0 atom stereocenters. The number of benzene rings is 1. The standard InChI is InChI=1S/C22H24N4O3/c1-28-19-6-4-17(5-7-19)20-15-29-22(25-20)26-11-8-18(9-12-26)21(27)24-14-16-3-2-10-23-13-16/h2-7,10,13,15,18H,8-9,11-12,14H2,1H3,(H,24,27). The zero-order valence-corrected chi connectivity index (χ0v) is 16.4. The van der Waals surface area contributed by atoms with E-state index in [1.807, 2.05) is 36.4 Å². The number of nitrogens with zero attached hydrogens (tertiary/aromatic N) is 3.